The molecular formula is C29H24F3N3O. The summed E-state index contributed by atoms with van der Waals surface area (Å²) in [7, 11) is 0. The van der Waals surface area contributed by atoms with E-state index in [0.29, 0.717) is 23.6 Å². The van der Waals surface area contributed by atoms with E-state index in [1.54, 1.807) is 31.2 Å². The molecule has 0 fully saturated rings. The van der Waals surface area contributed by atoms with Gasteiger partial charge in [-0.05, 0) is 68.8 Å². The third kappa shape index (κ3) is 4.69. The van der Waals surface area contributed by atoms with E-state index < -0.39 is 11.7 Å². The molecule has 0 amide bonds. The number of aryl methyl sites for hydroxylation is 3. The zero-order valence-electron chi connectivity index (χ0n) is 20.1. The average molecular weight is 488 g/mol. The Morgan fingerprint density at radius 2 is 1.56 bits per heavy atom. The van der Waals surface area contributed by atoms with Gasteiger partial charge in [-0.2, -0.15) is 18.3 Å². The van der Waals surface area contributed by atoms with Gasteiger partial charge in [-0.25, -0.2) is 9.67 Å². The minimum absolute atomic E-state index is 0.00457. The lowest BCUT2D eigenvalue weighted by molar-refractivity contribution is -0.136. The largest absolute Gasteiger partial charge is 0.489 e. The van der Waals surface area contributed by atoms with Crippen molar-refractivity contribution in [1.29, 1.82) is 0 Å². The molecule has 0 unspecified atom stereocenters. The Bertz CT molecular complexity index is 1540. The van der Waals surface area contributed by atoms with Gasteiger partial charge in [0.05, 0.1) is 28.0 Å². The summed E-state index contributed by atoms with van der Waals surface area (Å²) in [6, 6.07) is 23.5. The van der Waals surface area contributed by atoms with E-state index in [2.05, 4.69) is 10.1 Å². The smallest absolute Gasteiger partial charge is 0.417 e. The van der Waals surface area contributed by atoms with Gasteiger partial charge in [0.2, 0.25) is 0 Å². The topological polar surface area (TPSA) is 39.9 Å². The van der Waals surface area contributed by atoms with E-state index in [-0.39, 0.29) is 22.4 Å². The summed E-state index contributed by atoms with van der Waals surface area (Å²) < 4.78 is 49.7. The number of hydrogen-bond donors (Lipinski definition) is 0. The number of halogens is 3. The van der Waals surface area contributed by atoms with Gasteiger partial charge in [-0.1, -0.05) is 47.5 Å². The number of benzene rings is 3. The molecule has 5 aromatic rings. The average Bonchev–Trinajstić information content (AvgIpc) is 3.19. The maximum Gasteiger partial charge on any atom is 0.417 e. The summed E-state index contributed by atoms with van der Waals surface area (Å²) in [5.41, 5.74) is 4.34. The van der Waals surface area contributed by atoms with Crippen LogP contribution >= 0.6 is 0 Å². The molecule has 0 aliphatic heterocycles. The summed E-state index contributed by atoms with van der Waals surface area (Å²) in [4.78, 5) is 4.63. The van der Waals surface area contributed by atoms with Crippen molar-refractivity contribution in [2.75, 3.05) is 0 Å². The van der Waals surface area contributed by atoms with Gasteiger partial charge in [0.15, 0.2) is 5.65 Å². The predicted octanol–water partition coefficient (Wildman–Crippen LogP) is 7.61. The predicted molar refractivity (Wildman–Crippen MR) is 134 cm³/mol. The molecule has 3 aromatic carbocycles. The molecule has 0 bridgehead atoms. The molecule has 2 heterocycles. The number of fused-ring (bicyclic) bond motifs is 1. The fourth-order valence-electron chi connectivity index (χ4n) is 4.22. The molecule has 0 atom stereocenters. The fourth-order valence-corrected chi connectivity index (χ4v) is 4.22. The van der Waals surface area contributed by atoms with Crippen LogP contribution in [0.5, 0.6) is 5.75 Å². The Balaban J connectivity index is 1.54. The van der Waals surface area contributed by atoms with Crippen LogP contribution in [0.15, 0.2) is 78.9 Å². The molecule has 4 nitrogen and oxygen atoms in total. The Morgan fingerprint density at radius 1 is 0.833 bits per heavy atom. The van der Waals surface area contributed by atoms with Crippen LogP contribution in [0.1, 0.15) is 27.9 Å². The Hall–Kier alpha value is -4.13. The highest BCUT2D eigenvalue weighted by Crippen LogP contribution is 2.39. The fraction of sp³-hybridized carbons (Fsp3) is 0.172. The Kier molecular flexibility index (Phi) is 6.00. The Morgan fingerprint density at radius 3 is 2.22 bits per heavy atom. The van der Waals surface area contributed by atoms with Crippen LogP contribution in [0.25, 0.3) is 28.0 Å². The van der Waals surface area contributed by atoms with Crippen molar-refractivity contribution < 1.29 is 17.9 Å². The Labute approximate surface area is 207 Å². The summed E-state index contributed by atoms with van der Waals surface area (Å²) >= 11 is 0. The molecule has 36 heavy (non-hydrogen) atoms. The SMILES string of the molecule is Cc1ccc(-n2nc(C)c3c(C(F)(F)F)cc(-c4ccc(OCc5cccc(C)c5)cc4)nc32)cc1. The third-order valence-electron chi connectivity index (χ3n) is 6.03. The molecule has 2 aromatic heterocycles. The van der Waals surface area contributed by atoms with Crippen LogP contribution in [0.2, 0.25) is 0 Å². The highest BCUT2D eigenvalue weighted by Gasteiger charge is 2.35. The lowest BCUT2D eigenvalue weighted by Gasteiger charge is -2.12. The van der Waals surface area contributed by atoms with Gasteiger partial charge in [0.25, 0.3) is 0 Å². The van der Waals surface area contributed by atoms with E-state index in [1.165, 1.54) is 4.68 Å². The zero-order valence-corrected chi connectivity index (χ0v) is 20.1. The van der Waals surface area contributed by atoms with E-state index in [9.17, 15) is 13.2 Å². The standard InChI is InChI=1S/C29H24F3N3O/c1-18-7-11-23(12-8-18)35-28-27(20(3)34-35)25(29(30,31)32)16-26(33-28)22-9-13-24(14-10-22)36-17-21-6-4-5-19(2)15-21/h4-16H,17H2,1-3H3. The molecule has 0 saturated carbocycles. The van der Waals surface area contributed by atoms with Gasteiger partial charge in [0.1, 0.15) is 12.4 Å². The summed E-state index contributed by atoms with van der Waals surface area (Å²) in [6.07, 6.45) is -4.56. The molecule has 0 saturated heterocycles. The van der Waals surface area contributed by atoms with Crippen LogP contribution in [0.3, 0.4) is 0 Å². The lowest BCUT2D eigenvalue weighted by Crippen LogP contribution is -2.08. The highest BCUT2D eigenvalue weighted by molar-refractivity contribution is 5.87. The van der Waals surface area contributed by atoms with Crippen molar-refractivity contribution in [3.05, 3.63) is 107 Å². The monoisotopic (exact) mass is 487 g/mol. The first-order chi connectivity index (χ1) is 17.2. The van der Waals surface area contributed by atoms with E-state index in [1.807, 2.05) is 62.4 Å². The molecular weight excluding hydrogens is 463 g/mol. The third-order valence-corrected chi connectivity index (χ3v) is 6.03. The first-order valence-corrected chi connectivity index (χ1v) is 11.5. The van der Waals surface area contributed by atoms with Crippen LogP contribution in [-0.4, -0.2) is 14.8 Å². The summed E-state index contributed by atoms with van der Waals surface area (Å²) in [6.45, 7) is 5.94. The van der Waals surface area contributed by atoms with E-state index in [0.717, 1.165) is 22.8 Å². The van der Waals surface area contributed by atoms with Crippen LogP contribution < -0.4 is 4.74 Å². The van der Waals surface area contributed by atoms with Gasteiger partial charge in [0, 0.05) is 5.56 Å². The summed E-state index contributed by atoms with van der Waals surface area (Å²) in [5, 5.41) is 4.41. The van der Waals surface area contributed by atoms with Crippen molar-refractivity contribution in [1.82, 2.24) is 14.8 Å². The highest BCUT2D eigenvalue weighted by atomic mass is 19.4. The maximum absolute atomic E-state index is 14.1. The van der Waals surface area contributed by atoms with Crippen molar-refractivity contribution >= 4 is 11.0 Å². The van der Waals surface area contributed by atoms with Gasteiger partial charge in [-0.3, -0.25) is 0 Å². The minimum atomic E-state index is -4.56. The molecule has 7 heteroatoms. The molecule has 0 spiro atoms. The molecule has 5 rings (SSSR count). The number of nitrogens with zero attached hydrogens (tertiary/aromatic N) is 3. The van der Waals surface area contributed by atoms with Crippen molar-refractivity contribution in [2.45, 2.75) is 33.6 Å². The second-order valence-electron chi connectivity index (χ2n) is 8.89. The van der Waals surface area contributed by atoms with Gasteiger partial charge < -0.3 is 4.74 Å². The number of aromatic nitrogens is 3. The molecule has 0 aliphatic rings. The zero-order chi connectivity index (χ0) is 25.4. The van der Waals surface area contributed by atoms with Crippen LogP contribution in [0.4, 0.5) is 13.2 Å². The minimum Gasteiger partial charge on any atom is -0.489 e. The molecule has 0 radical (unpaired) electrons. The van der Waals surface area contributed by atoms with Crippen molar-refractivity contribution in [3.8, 4) is 22.7 Å². The van der Waals surface area contributed by atoms with Gasteiger partial charge >= 0.3 is 6.18 Å². The molecule has 182 valence electrons. The number of ether oxygens (including phenoxy) is 1. The number of alkyl halides is 3. The number of rotatable bonds is 5. The van der Waals surface area contributed by atoms with Crippen molar-refractivity contribution in [2.24, 2.45) is 0 Å². The van der Waals surface area contributed by atoms with Crippen LogP contribution in [0, 0.1) is 20.8 Å². The number of pyridine rings is 1. The normalized spacial score (nSPS) is 11.7. The van der Waals surface area contributed by atoms with Gasteiger partial charge in [-0.15, -0.1) is 0 Å². The maximum atomic E-state index is 14.1. The van der Waals surface area contributed by atoms with Crippen molar-refractivity contribution in [3.63, 3.8) is 0 Å². The molecule has 0 aliphatic carbocycles. The van der Waals surface area contributed by atoms with Crippen LogP contribution in [-0.2, 0) is 12.8 Å². The lowest BCUT2D eigenvalue weighted by atomic mass is 10.0. The molecule has 0 N–H and O–H groups in total. The van der Waals surface area contributed by atoms with E-state index >= 15 is 0 Å². The van der Waals surface area contributed by atoms with E-state index in [4.69, 9.17) is 4.74 Å². The quantitative estimate of drug-likeness (QED) is 0.256. The first-order valence-electron chi connectivity index (χ1n) is 11.5. The second kappa shape index (κ2) is 9.15. The first kappa shape index (κ1) is 23.6. The number of hydrogen-bond acceptors (Lipinski definition) is 3. The summed E-state index contributed by atoms with van der Waals surface area (Å²) in [5.74, 6) is 0.623. The second-order valence-corrected chi connectivity index (χ2v) is 8.89.